The fourth-order valence-corrected chi connectivity index (χ4v) is 2.94. The van der Waals surface area contributed by atoms with E-state index < -0.39 is 5.41 Å². The van der Waals surface area contributed by atoms with Crippen molar-refractivity contribution in [2.45, 2.75) is 45.1 Å². The normalized spacial score (nSPS) is 15.2. The summed E-state index contributed by atoms with van der Waals surface area (Å²) in [5.74, 6) is -0.0488. The minimum Gasteiger partial charge on any atom is -0.462 e. The van der Waals surface area contributed by atoms with Crippen LogP contribution < -0.4 is 0 Å². The highest BCUT2D eigenvalue weighted by atomic mass is 16.5. The second-order valence-corrected chi connectivity index (χ2v) is 6.75. The molecule has 24 heavy (non-hydrogen) atoms. The number of rotatable bonds is 5. The maximum Gasteiger partial charge on any atom is 0.316 e. The molecule has 0 amide bonds. The van der Waals surface area contributed by atoms with Crippen LogP contribution in [0.2, 0.25) is 0 Å². The van der Waals surface area contributed by atoms with Gasteiger partial charge in [0.05, 0.1) is 11.5 Å². The third kappa shape index (κ3) is 3.12. The van der Waals surface area contributed by atoms with Gasteiger partial charge in [-0.3, -0.25) is 9.59 Å². The van der Waals surface area contributed by atoms with Crippen LogP contribution in [0, 0.1) is 0 Å². The molecule has 0 N–H and O–H groups in total. The lowest BCUT2D eigenvalue weighted by Gasteiger charge is -2.17. The average molecular weight is 322 g/mol. The molecular formula is C21H22O3. The predicted molar refractivity (Wildman–Crippen MR) is 94.0 cm³/mol. The van der Waals surface area contributed by atoms with E-state index in [-0.39, 0.29) is 17.9 Å². The number of esters is 1. The van der Waals surface area contributed by atoms with Crippen molar-refractivity contribution in [1.29, 1.82) is 0 Å². The number of ether oxygens (including phenoxy) is 1. The zero-order valence-electron chi connectivity index (χ0n) is 14.3. The Morgan fingerprint density at radius 1 is 0.917 bits per heavy atom. The summed E-state index contributed by atoms with van der Waals surface area (Å²) in [6.45, 7) is 5.32. The van der Waals surface area contributed by atoms with Gasteiger partial charge in [0.25, 0.3) is 0 Å². The molecule has 1 fully saturated rings. The SMILES string of the molecule is CC(=O)c1ccc(-c2ccc(C3(C(=O)OC(C)C)CC3)cc2)cc1. The molecule has 0 unspecified atom stereocenters. The van der Waals surface area contributed by atoms with E-state index in [9.17, 15) is 9.59 Å². The second-order valence-electron chi connectivity index (χ2n) is 6.75. The van der Waals surface area contributed by atoms with Gasteiger partial charge in [0.1, 0.15) is 0 Å². The first-order valence-corrected chi connectivity index (χ1v) is 8.35. The van der Waals surface area contributed by atoms with Crippen molar-refractivity contribution < 1.29 is 14.3 Å². The van der Waals surface area contributed by atoms with Crippen LogP contribution in [-0.4, -0.2) is 17.9 Å². The molecule has 3 rings (SSSR count). The van der Waals surface area contributed by atoms with Gasteiger partial charge in [0, 0.05) is 5.56 Å². The van der Waals surface area contributed by atoms with E-state index in [1.165, 1.54) is 0 Å². The van der Waals surface area contributed by atoms with Gasteiger partial charge >= 0.3 is 5.97 Å². The quantitative estimate of drug-likeness (QED) is 0.599. The fraction of sp³-hybridized carbons (Fsp3) is 0.333. The largest absolute Gasteiger partial charge is 0.462 e. The highest BCUT2D eigenvalue weighted by Gasteiger charge is 2.52. The van der Waals surface area contributed by atoms with Crippen LogP contribution in [0.3, 0.4) is 0 Å². The Bertz CT molecular complexity index is 751. The van der Waals surface area contributed by atoms with Crippen molar-refractivity contribution in [3.05, 3.63) is 59.7 Å². The van der Waals surface area contributed by atoms with E-state index in [0.717, 1.165) is 29.5 Å². The molecule has 0 radical (unpaired) electrons. The zero-order valence-corrected chi connectivity index (χ0v) is 14.3. The van der Waals surface area contributed by atoms with Crippen LogP contribution in [0.15, 0.2) is 48.5 Å². The van der Waals surface area contributed by atoms with E-state index >= 15 is 0 Å². The topological polar surface area (TPSA) is 43.4 Å². The number of benzene rings is 2. The van der Waals surface area contributed by atoms with E-state index in [4.69, 9.17) is 4.74 Å². The third-order valence-electron chi connectivity index (χ3n) is 4.55. The standard InChI is InChI=1S/C21H22O3/c1-14(2)24-20(23)21(12-13-21)19-10-8-18(9-11-19)17-6-4-16(5-7-17)15(3)22/h4-11,14H,12-13H2,1-3H3. The Labute approximate surface area is 142 Å². The summed E-state index contributed by atoms with van der Waals surface area (Å²) >= 11 is 0. The number of ketones is 1. The number of hydrogen-bond donors (Lipinski definition) is 0. The molecule has 1 aliphatic carbocycles. The van der Waals surface area contributed by atoms with Gasteiger partial charge in [-0.05, 0) is 50.3 Å². The monoisotopic (exact) mass is 322 g/mol. The Balaban J connectivity index is 1.81. The molecule has 3 nitrogen and oxygen atoms in total. The number of carbonyl (C=O) groups is 2. The first kappa shape index (κ1) is 16.4. The van der Waals surface area contributed by atoms with Crippen LogP contribution in [0.5, 0.6) is 0 Å². The van der Waals surface area contributed by atoms with Gasteiger partial charge < -0.3 is 4.74 Å². The first-order valence-electron chi connectivity index (χ1n) is 8.35. The molecule has 2 aromatic carbocycles. The molecular weight excluding hydrogens is 300 g/mol. The number of carbonyl (C=O) groups excluding carboxylic acids is 2. The van der Waals surface area contributed by atoms with Gasteiger partial charge in [-0.2, -0.15) is 0 Å². The summed E-state index contributed by atoms with van der Waals surface area (Å²) < 4.78 is 5.41. The highest BCUT2D eigenvalue weighted by Crippen LogP contribution is 2.49. The summed E-state index contributed by atoms with van der Waals surface area (Å²) in [6, 6.07) is 15.7. The van der Waals surface area contributed by atoms with Gasteiger partial charge in [-0.1, -0.05) is 48.5 Å². The molecule has 1 saturated carbocycles. The molecule has 0 heterocycles. The summed E-state index contributed by atoms with van der Waals surface area (Å²) in [5, 5.41) is 0. The smallest absolute Gasteiger partial charge is 0.316 e. The Morgan fingerprint density at radius 3 is 1.83 bits per heavy atom. The van der Waals surface area contributed by atoms with Crippen LogP contribution in [-0.2, 0) is 14.9 Å². The summed E-state index contributed by atoms with van der Waals surface area (Å²) in [6.07, 6.45) is 1.62. The molecule has 0 aromatic heterocycles. The highest BCUT2D eigenvalue weighted by molar-refractivity contribution is 5.94. The molecule has 0 atom stereocenters. The summed E-state index contributed by atoms with van der Waals surface area (Å²) in [5.41, 5.74) is 3.42. The molecule has 0 saturated heterocycles. The molecule has 3 heteroatoms. The Morgan fingerprint density at radius 2 is 1.42 bits per heavy atom. The minimum atomic E-state index is -0.443. The minimum absolute atomic E-state index is 0.0660. The third-order valence-corrected chi connectivity index (χ3v) is 4.55. The molecule has 124 valence electrons. The number of hydrogen-bond acceptors (Lipinski definition) is 3. The van der Waals surface area contributed by atoms with Gasteiger partial charge in [0.2, 0.25) is 0 Å². The van der Waals surface area contributed by atoms with Gasteiger partial charge in [-0.25, -0.2) is 0 Å². The van der Waals surface area contributed by atoms with Crippen molar-refractivity contribution in [3.8, 4) is 11.1 Å². The van der Waals surface area contributed by atoms with Crippen LogP contribution in [0.25, 0.3) is 11.1 Å². The van der Waals surface area contributed by atoms with E-state index in [1.807, 2.05) is 62.4 Å². The van der Waals surface area contributed by atoms with Crippen molar-refractivity contribution in [1.82, 2.24) is 0 Å². The molecule has 0 aliphatic heterocycles. The van der Waals surface area contributed by atoms with E-state index in [2.05, 4.69) is 0 Å². The van der Waals surface area contributed by atoms with Crippen LogP contribution >= 0.6 is 0 Å². The maximum absolute atomic E-state index is 12.3. The average Bonchev–Trinajstić information content (AvgIpc) is 3.36. The fourth-order valence-electron chi connectivity index (χ4n) is 2.94. The van der Waals surface area contributed by atoms with E-state index in [1.54, 1.807) is 6.92 Å². The lowest BCUT2D eigenvalue weighted by atomic mass is 9.93. The molecule has 0 spiro atoms. The lowest BCUT2D eigenvalue weighted by molar-refractivity contribution is -0.150. The molecule has 2 aromatic rings. The molecule has 0 bridgehead atoms. The predicted octanol–water partition coefficient (Wildman–Crippen LogP) is 4.54. The van der Waals surface area contributed by atoms with Crippen LogP contribution in [0.1, 0.15) is 49.5 Å². The zero-order chi connectivity index (χ0) is 17.3. The van der Waals surface area contributed by atoms with Gasteiger partial charge in [-0.15, -0.1) is 0 Å². The lowest BCUT2D eigenvalue weighted by Crippen LogP contribution is -2.25. The first-order chi connectivity index (χ1) is 11.4. The molecule has 1 aliphatic rings. The van der Waals surface area contributed by atoms with Crippen molar-refractivity contribution >= 4 is 11.8 Å². The van der Waals surface area contributed by atoms with Gasteiger partial charge in [0.15, 0.2) is 5.78 Å². The Hall–Kier alpha value is -2.42. The van der Waals surface area contributed by atoms with Crippen molar-refractivity contribution in [2.24, 2.45) is 0 Å². The van der Waals surface area contributed by atoms with Crippen molar-refractivity contribution in [3.63, 3.8) is 0 Å². The summed E-state index contributed by atoms with van der Waals surface area (Å²) in [7, 11) is 0. The van der Waals surface area contributed by atoms with Crippen LogP contribution in [0.4, 0.5) is 0 Å². The second kappa shape index (κ2) is 6.23. The summed E-state index contributed by atoms with van der Waals surface area (Å²) in [4.78, 5) is 23.7. The Kier molecular flexibility index (Phi) is 4.27. The maximum atomic E-state index is 12.3. The van der Waals surface area contributed by atoms with Crippen molar-refractivity contribution in [2.75, 3.05) is 0 Å². The van der Waals surface area contributed by atoms with E-state index in [0.29, 0.717) is 5.56 Å². The number of Topliss-reactive ketones (excluding diaryl/α,β-unsaturated/α-hetero) is 1.